The molecule has 0 unspecified atom stereocenters. The van der Waals surface area contributed by atoms with Crippen LogP contribution in [0, 0.1) is 6.92 Å². The van der Waals surface area contributed by atoms with Gasteiger partial charge in [0.2, 0.25) is 0 Å². The van der Waals surface area contributed by atoms with Gasteiger partial charge in [0.05, 0.1) is 22.8 Å². The lowest BCUT2D eigenvalue weighted by molar-refractivity contribution is 0.0950. The molecule has 0 atom stereocenters. The number of carbonyl (C=O) groups is 1. The van der Waals surface area contributed by atoms with Crippen LogP contribution in [0.3, 0.4) is 0 Å². The number of hydrogen-bond donors (Lipinski definition) is 1. The lowest BCUT2D eigenvalue weighted by Gasteiger charge is -2.28. The van der Waals surface area contributed by atoms with Crippen LogP contribution in [0.2, 0.25) is 0 Å². The van der Waals surface area contributed by atoms with Crippen molar-refractivity contribution in [1.82, 2.24) is 15.3 Å². The van der Waals surface area contributed by atoms with E-state index in [1.165, 1.54) is 0 Å². The van der Waals surface area contributed by atoms with Crippen molar-refractivity contribution in [2.24, 2.45) is 0 Å². The number of rotatable bonds is 4. The van der Waals surface area contributed by atoms with Gasteiger partial charge >= 0.3 is 0 Å². The average Bonchev–Trinajstić information content (AvgIpc) is 2.72. The largest absolute Gasteiger partial charge is 0.369 e. The number of hydrogen-bond acceptors (Lipinski definition) is 6. The summed E-state index contributed by atoms with van der Waals surface area (Å²) in [7, 11) is -2.89. The van der Waals surface area contributed by atoms with Crippen LogP contribution in [0.25, 0.3) is 11.0 Å². The molecule has 0 bridgehead atoms. The van der Waals surface area contributed by atoms with E-state index in [4.69, 9.17) is 0 Å². The first kappa shape index (κ1) is 19.3. The van der Waals surface area contributed by atoms with Crippen molar-refractivity contribution in [3.8, 4) is 0 Å². The molecule has 0 radical (unpaired) electrons. The summed E-state index contributed by atoms with van der Waals surface area (Å²) in [4.78, 5) is 23.3. The number of aromatic nitrogens is 2. The number of fused-ring (bicyclic) bond motifs is 1. The number of pyridine rings is 2. The molecule has 0 saturated carbocycles. The SMILES string of the molecule is Cc1nc2ncccc2cc1C(=O)NCc1ccc(N2CCS(=O)(=O)CC2)cc1. The second-order valence-corrected chi connectivity index (χ2v) is 9.46. The van der Waals surface area contributed by atoms with Crippen molar-refractivity contribution in [3.63, 3.8) is 0 Å². The van der Waals surface area contributed by atoms with Gasteiger partial charge in [-0.1, -0.05) is 12.1 Å². The molecule has 1 N–H and O–H groups in total. The molecular weight excluding hydrogens is 388 g/mol. The average molecular weight is 410 g/mol. The third-order valence-corrected chi connectivity index (χ3v) is 6.73. The minimum atomic E-state index is -2.89. The highest BCUT2D eigenvalue weighted by molar-refractivity contribution is 7.91. The molecule has 7 nitrogen and oxygen atoms in total. The molecule has 0 aliphatic carbocycles. The quantitative estimate of drug-likeness (QED) is 0.708. The van der Waals surface area contributed by atoms with Gasteiger partial charge in [-0.3, -0.25) is 4.79 Å². The van der Waals surface area contributed by atoms with Crippen LogP contribution >= 0.6 is 0 Å². The van der Waals surface area contributed by atoms with Crippen LogP contribution in [0.1, 0.15) is 21.6 Å². The van der Waals surface area contributed by atoms with E-state index in [1.807, 2.05) is 42.5 Å². The maximum Gasteiger partial charge on any atom is 0.253 e. The van der Waals surface area contributed by atoms with Gasteiger partial charge in [-0.15, -0.1) is 0 Å². The normalized spacial score (nSPS) is 16.0. The third-order valence-electron chi connectivity index (χ3n) is 5.12. The smallest absolute Gasteiger partial charge is 0.253 e. The molecule has 1 fully saturated rings. The van der Waals surface area contributed by atoms with Gasteiger partial charge in [-0.2, -0.15) is 0 Å². The van der Waals surface area contributed by atoms with Crippen molar-refractivity contribution >= 4 is 32.5 Å². The molecule has 1 aliphatic heterocycles. The minimum absolute atomic E-state index is 0.175. The van der Waals surface area contributed by atoms with Crippen LogP contribution in [0.5, 0.6) is 0 Å². The maximum atomic E-state index is 12.6. The van der Waals surface area contributed by atoms with E-state index in [0.717, 1.165) is 16.6 Å². The highest BCUT2D eigenvalue weighted by Gasteiger charge is 2.21. The molecule has 150 valence electrons. The van der Waals surface area contributed by atoms with Crippen molar-refractivity contribution in [2.45, 2.75) is 13.5 Å². The first-order valence-corrected chi connectivity index (χ1v) is 11.3. The molecule has 4 rings (SSSR count). The van der Waals surface area contributed by atoms with Gasteiger partial charge in [0.25, 0.3) is 5.91 Å². The number of sulfone groups is 1. The first-order chi connectivity index (χ1) is 13.9. The Morgan fingerprint density at radius 3 is 2.59 bits per heavy atom. The van der Waals surface area contributed by atoms with Gasteiger partial charge in [-0.25, -0.2) is 18.4 Å². The molecule has 3 aromatic rings. The lowest BCUT2D eigenvalue weighted by atomic mass is 10.1. The Labute approximate surface area is 169 Å². The second kappa shape index (κ2) is 7.79. The molecule has 1 aromatic carbocycles. The molecule has 0 spiro atoms. The fourth-order valence-corrected chi connectivity index (χ4v) is 4.60. The van der Waals surface area contributed by atoms with E-state index in [2.05, 4.69) is 20.2 Å². The summed E-state index contributed by atoms with van der Waals surface area (Å²) >= 11 is 0. The van der Waals surface area contributed by atoms with Crippen molar-refractivity contribution < 1.29 is 13.2 Å². The number of carbonyl (C=O) groups excluding carboxylic acids is 1. The van der Waals surface area contributed by atoms with Gasteiger partial charge in [-0.05, 0) is 42.8 Å². The zero-order chi connectivity index (χ0) is 20.4. The fourth-order valence-electron chi connectivity index (χ4n) is 3.40. The van der Waals surface area contributed by atoms with Crippen LogP contribution in [-0.4, -0.2) is 48.9 Å². The summed E-state index contributed by atoms with van der Waals surface area (Å²) in [6, 6.07) is 13.4. The van der Waals surface area contributed by atoms with Crippen LogP contribution < -0.4 is 10.2 Å². The predicted octanol–water partition coefficient (Wildman–Crippen LogP) is 2.10. The summed E-state index contributed by atoms with van der Waals surface area (Å²) < 4.78 is 23.1. The predicted molar refractivity (Wildman–Crippen MR) is 113 cm³/mol. The van der Waals surface area contributed by atoms with E-state index in [9.17, 15) is 13.2 Å². The van der Waals surface area contributed by atoms with E-state index in [0.29, 0.717) is 36.5 Å². The van der Waals surface area contributed by atoms with Gasteiger partial charge in [0.1, 0.15) is 0 Å². The standard InChI is InChI=1S/C21H22N4O3S/c1-15-19(13-17-3-2-8-22-20(17)24-15)21(26)23-14-16-4-6-18(7-5-16)25-9-11-29(27,28)12-10-25/h2-8,13H,9-12,14H2,1H3,(H,23,26). The molecule has 2 aromatic heterocycles. The van der Waals surface area contributed by atoms with E-state index < -0.39 is 9.84 Å². The number of nitrogens with zero attached hydrogens (tertiary/aromatic N) is 3. The lowest BCUT2D eigenvalue weighted by Crippen LogP contribution is -2.40. The monoisotopic (exact) mass is 410 g/mol. The number of anilines is 1. The summed E-state index contributed by atoms with van der Waals surface area (Å²) in [5, 5.41) is 3.77. The Kier molecular flexibility index (Phi) is 5.19. The zero-order valence-corrected chi connectivity index (χ0v) is 16.9. The Morgan fingerprint density at radius 2 is 1.86 bits per heavy atom. The Morgan fingerprint density at radius 1 is 1.14 bits per heavy atom. The molecule has 8 heteroatoms. The highest BCUT2D eigenvalue weighted by atomic mass is 32.2. The van der Waals surface area contributed by atoms with Gasteiger partial charge in [0.15, 0.2) is 15.5 Å². The number of nitrogens with one attached hydrogen (secondary N) is 1. The summed E-state index contributed by atoms with van der Waals surface area (Å²) in [5.41, 5.74) is 3.78. The fraction of sp³-hybridized carbons (Fsp3) is 0.286. The highest BCUT2D eigenvalue weighted by Crippen LogP contribution is 2.19. The molecule has 3 heterocycles. The van der Waals surface area contributed by atoms with E-state index in [1.54, 1.807) is 13.1 Å². The number of amides is 1. The first-order valence-electron chi connectivity index (χ1n) is 9.46. The second-order valence-electron chi connectivity index (χ2n) is 7.16. The van der Waals surface area contributed by atoms with Crippen LogP contribution in [-0.2, 0) is 16.4 Å². The molecule has 1 aliphatic rings. The number of benzene rings is 1. The zero-order valence-electron chi connectivity index (χ0n) is 16.1. The van der Waals surface area contributed by atoms with Crippen LogP contribution in [0.15, 0.2) is 48.7 Å². The molecule has 1 saturated heterocycles. The van der Waals surface area contributed by atoms with Gasteiger partial charge < -0.3 is 10.2 Å². The van der Waals surface area contributed by atoms with E-state index in [-0.39, 0.29) is 17.4 Å². The third kappa shape index (κ3) is 4.37. The molecular formula is C21H22N4O3S. The minimum Gasteiger partial charge on any atom is -0.369 e. The Bertz CT molecular complexity index is 1150. The Balaban J connectivity index is 1.40. The topological polar surface area (TPSA) is 92.3 Å². The van der Waals surface area contributed by atoms with E-state index >= 15 is 0 Å². The van der Waals surface area contributed by atoms with Crippen molar-refractivity contribution in [2.75, 3.05) is 29.5 Å². The molecule has 1 amide bonds. The Hall–Kier alpha value is -3.00. The van der Waals surface area contributed by atoms with Gasteiger partial charge in [0, 0.05) is 36.9 Å². The maximum absolute atomic E-state index is 12.6. The van der Waals surface area contributed by atoms with Crippen molar-refractivity contribution in [3.05, 3.63) is 65.5 Å². The number of aryl methyl sites for hydroxylation is 1. The summed E-state index contributed by atoms with van der Waals surface area (Å²) in [6.07, 6.45) is 1.68. The summed E-state index contributed by atoms with van der Waals surface area (Å²) in [5.74, 6) is 0.213. The van der Waals surface area contributed by atoms with Crippen molar-refractivity contribution in [1.29, 1.82) is 0 Å². The molecule has 29 heavy (non-hydrogen) atoms. The van der Waals surface area contributed by atoms with Crippen LogP contribution in [0.4, 0.5) is 5.69 Å². The summed E-state index contributed by atoms with van der Waals surface area (Å²) in [6.45, 7) is 3.23.